The van der Waals surface area contributed by atoms with Crippen LogP contribution in [0.3, 0.4) is 0 Å². The summed E-state index contributed by atoms with van der Waals surface area (Å²) < 4.78 is 0. The number of hydrogen-bond donors (Lipinski definition) is 2. The van der Waals surface area contributed by atoms with Gasteiger partial charge in [0.1, 0.15) is 0 Å². The molecule has 0 aromatic carbocycles. The van der Waals surface area contributed by atoms with Crippen molar-refractivity contribution in [1.29, 1.82) is 0 Å². The van der Waals surface area contributed by atoms with Crippen molar-refractivity contribution in [1.82, 2.24) is 15.5 Å². The number of rotatable bonds is 5. The summed E-state index contributed by atoms with van der Waals surface area (Å²) in [4.78, 5) is 13.6. The van der Waals surface area contributed by atoms with Gasteiger partial charge in [0.15, 0.2) is 11.5 Å². The Labute approximate surface area is 119 Å². The van der Waals surface area contributed by atoms with Gasteiger partial charge in [0, 0.05) is 26.2 Å². The van der Waals surface area contributed by atoms with E-state index in [1.165, 1.54) is 0 Å². The molecule has 1 aromatic heterocycles. The topological polar surface area (TPSA) is 84.1 Å². The first kappa shape index (κ1) is 14.7. The second kappa shape index (κ2) is 6.65. The van der Waals surface area contributed by atoms with Crippen molar-refractivity contribution in [2.75, 3.05) is 31.1 Å². The van der Waals surface area contributed by atoms with E-state index in [1.807, 2.05) is 6.07 Å². The van der Waals surface area contributed by atoms with E-state index in [-0.39, 0.29) is 0 Å². The van der Waals surface area contributed by atoms with Crippen LogP contribution in [0, 0.1) is 5.92 Å². The fourth-order valence-electron chi connectivity index (χ4n) is 2.31. The predicted molar refractivity (Wildman–Crippen MR) is 78.8 cm³/mol. The summed E-state index contributed by atoms with van der Waals surface area (Å²) in [5, 5.41) is 11.5. The number of amides is 1. The van der Waals surface area contributed by atoms with Gasteiger partial charge in [0.2, 0.25) is 0 Å². The molecule has 20 heavy (non-hydrogen) atoms. The van der Waals surface area contributed by atoms with Gasteiger partial charge in [-0.1, -0.05) is 13.8 Å². The standard InChI is InChI=1S/C14H23N5O/c1-10(2)3-4-11-9-12(17-18-13(11)14(15)20)19-7-5-16-6-8-19/h9-10,16H,3-8H2,1-2H3,(H2,15,20). The molecule has 0 atom stereocenters. The number of nitrogens with two attached hydrogens (primary N) is 1. The highest BCUT2D eigenvalue weighted by molar-refractivity contribution is 5.92. The largest absolute Gasteiger partial charge is 0.364 e. The van der Waals surface area contributed by atoms with Gasteiger partial charge >= 0.3 is 0 Å². The molecular weight excluding hydrogens is 254 g/mol. The van der Waals surface area contributed by atoms with Crippen LogP contribution in [0.15, 0.2) is 6.07 Å². The normalized spacial score (nSPS) is 15.7. The smallest absolute Gasteiger partial charge is 0.269 e. The van der Waals surface area contributed by atoms with Gasteiger partial charge in [0.05, 0.1) is 0 Å². The van der Waals surface area contributed by atoms with E-state index in [1.54, 1.807) is 0 Å². The highest BCUT2D eigenvalue weighted by Gasteiger charge is 2.17. The number of carbonyl (C=O) groups is 1. The van der Waals surface area contributed by atoms with Crippen LogP contribution in [-0.2, 0) is 6.42 Å². The van der Waals surface area contributed by atoms with Crippen molar-refractivity contribution in [2.45, 2.75) is 26.7 Å². The van der Waals surface area contributed by atoms with Gasteiger partial charge in [-0.25, -0.2) is 0 Å². The van der Waals surface area contributed by atoms with Gasteiger partial charge in [-0.2, -0.15) is 0 Å². The molecule has 0 radical (unpaired) electrons. The van der Waals surface area contributed by atoms with Crippen LogP contribution in [0.25, 0.3) is 0 Å². The molecule has 3 N–H and O–H groups in total. The molecule has 1 amide bonds. The number of nitrogens with one attached hydrogen (secondary N) is 1. The highest BCUT2D eigenvalue weighted by Crippen LogP contribution is 2.18. The molecule has 6 nitrogen and oxygen atoms in total. The van der Waals surface area contributed by atoms with Crippen LogP contribution in [-0.4, -0.2) is 42.3 Å². The lowest BCUT2D eigenvalue weighted by molar-refractivity contribution is 0.0993. The number of aromatic nitrogens is 2. The summed E-state index contributed by atoms with van der Waals surface area (Å²) >= 11 is 0. The number of carbonyl (C=O) groups excluding carboxylic acids is 1. The third-order valence-corrected chi connectivity index (χ3v) is 3.53. The van der Waals surface area contributed by atoms with Crippen LogP contribution in [0.5, 0.6) is 0 Å². The fraction of sp³-hybridized carbons (Fsp3) is 0.643. The number of anilines is 1. The van der Waals surface area contributed by atoms with Crippen LogP contribution in [0.2, 0.25) is 0 Å². The summed E-state index contributed by atoms with van der Waals surface area (Å²) in [5.41, 5.74) is 6.61. The van der Waals surface area contributed by atoms with Crippen molar-refractivity contribution in [2.24, 2.45) is 11.7 Å². The maximum Gasteiger partial charge on any atom is 0.269 e. The minimum absolute atomic E-state index is 0.310. The molecule has 1 saturated heterocycles. The molecule has 0 unspecified atom stereocenters. The maximum absolute atomic E-state index is 11.5. The van der Waals surface area contributed by atoms with Crippen LogP contribution in [0.1, 0.15) is 36.3 Å². The SMILES string of the molecule is CC(C)CCc1cc(N2CCNCC2)nnc1C(N)=O. The number of piperazine rings is 1. The molecule has 0 spiro atoms. The van der Waals surface area contributed by atoms with E-state index in [2.05, 4.69) is 34.3 Å². The van der Waals surface area contributed by atoms with E-state index in [0.717, 1.165) is 50.4 Å². The Kier molecular flexibility index (Phi) is 4.89. The molecule has 110 valence electrons. The fourth-order valence-corrected chi connectivity index (χ4v) is 2.31. The van der Waals surface area contributed by atoms with E-state index in [0.29, 0.717) is 11.6 Å². The maximum atomic E-state index is 11.5. The second-order valence-electron chi connectivity index (χ2n) is 5.61. The van der Waals surface area contributed by atoms with E-state index in [4.69, 9.17) is 5.73 Å². The van der Waals surface area contributed by atoms with Crippen molar-refractivity contribution in [3.8, 4) is 0 Å². The number of primary amides is 1. The Hall–Kier alpha value is -1.69. The number of hydrogen-bond acceptors (Lipinski definition) is 5. The van der Waals surface area contributed by atoms with Gasteiger partial charge < -0.3 is 16.0 Å². The van der Waals surface area contributed by atoms with Gasteiger partial charge in [-0.05, 0) is 30.4 Å². The molecule has 1 fully saturated rings. The number of nitrogens with zero attached hydrogens (tertiary/aromatic N) is 3. The Balaban J connectivity index is 2.22. The first-order valence-electron chi connectivity index (χ1n) is 7.20. The van der Waals surface area contributed by atoms with Crippen molar-refractivity contribution in [3.05, 3.63) is 17.3 Å². The zero-order chi connectivity index (χ0) is 14.5. The second-order valence-corrected chi connectivity index (χ2v) is 5.61. The lowest BCUT2D eigenvalue weighted by Crippen LogP contribution is -2.44. The molecule has 2 heterocycles. The molecule has 1 aromatic rings. The molecule has 1 aliphatic heterocycles. The zero-order valence-corrected chi connectivity index (χ0v) is 12.2. The first-order chi connectivity index (χ1) is 9.58. The van der Waals surface area contributed by atoms with Crippen LogP contribution < -0.4 is 16.0 Å². The molecule has 6 heteroatoms. The number of aryl methyl sites for hydroxylation is 1. The van der Waals surface area contributed by atoms with Gasteiger partial charge in [0.25, 0.3) is 5.91 Å². The monoisotopic (exact) mass is 277 g/mol. The molecule has 0 aliphatic carbocycles. The van der Waals surface area contributed by atoms with Gasteiger partial charge in [-0.15, -0.1) is 10.2 Å². The van der Waals surface area contributed by atoms with E-state index >= 15 is 0 Å². The zero-order valence-electron chi connectivity index (χ0n) is 12.2. The molecule has 1 aliphatic rings. The minimum Gasteiger partial charge on any atom is -0.364 e. The third-order valence-electron chi connectivity index (χ3n) is 3.53. The van der Waals surface area contributed by atoms with Gasteiger partial charge in [-0.3, -0.25) is 4.79 Å². The summed E-state index contributed by atoms with van der Waals surface area (Å²) in [6, 6.07) is 1.97. The molecular formula is C14H23N5O. The Morgan fingerprint density at radius 2 is 2.10 bits per heavy atom. The highest BCUT2D eigenvalue weighted by atomic mass is 16.1. The average Bonchev–Trinajstić information content (AvgIpc) is 2.45. The quantitative estimate of drug-likeness (QED) is 0.822. The average molecular weight is 277 g/mol. The first-order valence-corrected chi connectivity index (χ1v) is 7.20. The van der Waals surface area contributed by atoms with E-state index < -0.39 is 5.91 Å². The minimum atomic E-state index is -0.497. The summed E-state index contributed by atoms with van der Waals surface area (Å²) in [6.45, 7) is 8.04. The predicted octanol–water partition coefficient (Wildman–Crippen LogP) is 0.574. The Morgan fingerprint density at radius 1 is 1.40 bits per heavy atom. The molecule has 0 bridgehead atoms. The van der Waals surface area contributed by atoms with Crippen molar-refractivity contribution < 1.29 is 4.79 Å². The lowest BCUT2D eigenvalue weighted by Gasteiger charge is -2.28. The van der Waals surface area contributed by atoms with Crippen LogP contribution >= 0.6 is 0 Å². The van der Waals surface area contributed by atoms with Crippen molar-refractivity contribution in [3.63, 3.8) is 0 Å². The Morgan fingerprint density at radius 3 is 2.70 bits per heavy atom. The summed E-state index contributed by atoms with van der Waals surface area (Å²) in [6.07, 6.45) is 1.82. The lowest BCUT2D eigenvalue weighted by atomic mass is 10.0. The van der Waals surface area contributed by atoms with Crippen LogP contribution in [0.4, 0.5) is 5.82 Å². The van der Waals surface area contributed by atoms with E-state index in [9.17, 15) is 4.79 Å². The molecule has 2 rings (SSSR count). The Bertz CT molecular complexity index is 469. The summed E-state index contributed by atoms with van der Waals surface area (Å²) in [5.74, 6) is 0.921. The van der Waals surface area contributed by atoms with Crippen molar-refractivity contribution >= 4 is 11.7 Å². The third kappa shape index (κ3) is 3.66. The molecule has 0 saturated carbocycles. The summed E-state index contributed by atoms with van der Waals surface area (Å²) in [7, 11) is 0.